The predicted octanol–water partition coefficient (Wildman–Crippen LogP) is 10.5. The first-order valence-electron chi connectivity index (χ1n) is 21.5. The van der Waals surface area contributed by atoms with Gasteiger partial charge in [-0.15, -0.1) is 0 Å². The van der Waals surface area contributed by atoms with Gasteiger partial charge >= 0.3 is 24.1 Å². The molecule has 3 aromatic rings. The fraction of sp³-hybridized carbons (Fsp3) is 0.574. The number of hydrogen-bond acceptors (Lipinski definition) is 8. The van der Waals surface area contributed by atoms with E-state index in [0.29, 0.717) is 62.0 Å². The van der Waals surface area contributed by atoms with Gasteiger partial charge in [-0.05, 0) is 162 Å². The minimum atomic E-state index is -5.28. The second-order valence-corrected chi connectivity index (χ2v) is 18.6. The summed E-state index contributed by atoms with van der Waals surface area (Å²) < 4.78 is 66.7. The minimum Gasteiger partial charge on any atom is -0.494 e. The average Bonchev–Trinajstić information content (AvgIpc) is 3.48. The van der Waals surface area contributed by atoms with Crippen molar-refractivity contribution in [2.24, 2.45) is 11.8 Å². The van der Waals surface area contributed by atoms with Crippen LogP contribution in [0.1, 0.15) is 121 Å². The number of alkyl carbamates (subject to hydrolysis) is 1. The molecule has 0 saturated heterocycles. The van der Waals surface area contributed by atoms with E-state index in [0.717, 1.165) is 61.8 Å². The van der Waals surface area contributed by atoms with Crippen LogP contribution in [0.2, 0.25) is 5.02 Å². The highest BCUT2D eigenvalue weighted by Crippen LogP contribution is 2.58. The number of hydrogen-bond donors (Lipinski definition) is 1. The number of rotatable bonds is 14. The molecule has 332 valence electrons. The maximum absolute atomic E-state index is 14.5. The number of benzene rings is 2. The Morgan fingerprint density at radius 2 is 1.77 bits per heavy atom. The Morgan fingerprint density at radius 1 is 1.02 bits per heavy atom. The normalized spacial score (nSPS) is 22.7. The topological polar surface area (TPSA) is 116 Å². The number of amides is 2. The number of carbonyl (C=O) groups excluding carboxylic acids is 3. The van der Waals surface area contributed by atoms with Gasteiger partial charge in [0, 0.05) is 34.7 Å². The number of fused-ring (bicyclic) bond motifs is 3. The first-order valence-corrected chi connectivity index (χ1v) is 21.8. The van der Waals surface area contributed by atoms with Crippen LogP contribution < -0.4 is 19.7 Å². The Bertz CT molecular complexity index is 2050. The van der Waals surface area contributed by atoms with Crippen molar-refractivity contribution in [3.63, 3.8) is 0 Å². The number of pyridine rings is 1. The van der Waals surface area contributed by atoms with Crippen molar-refractivity contribution in [1.29, 1.82) is 0 Å². The van der Waals surface area contributed by atoms with Crippen LogP contribution in [0.3, 0.4) is 0 Å². The van der Waals surface area contributed by atoms with Crippen LogP contribution in [0, 0.1) is 11.8 Å². The largest absolute Gasteiger partial charge is 0.494 e. The van der Waals surface area contributed by atoms with Crippen LogP contribution in [0.15, 0.2) is 54.7 Å². The molecule has 1 heterocycles. The lowest BCUT2D eigenvalue weighted by atomic mass is 9.59. The molecular weight excluding hydrogens is 811 g/mol. The number of aryl methyl sites for hydroxylation is 1. The van der Waals surface area contributed by atoms with Crippen molar-refractivity contribution in [2.45, 2.75) is 134 Å². The zero-order valence-corrected chi connectivity index (χ0v) is 36.8. The van der Waals surface area contributed by atoms with Crippen LogP contribution in [-0.4, -0.2) is 67.1 Å². The van der Waals surface area contributed by atoms with Crippen LogP contribution >= 0.6 is 11.6 Å². The number of carbonyl (C=O) groups is 3. The van der Waals surface area contributed by atoms with Crippen molar-refractivity contribution in [1.82, 2.24) is 10.3 Å². The van der Waals surface area contributed by atoms with E-state index in [9.17, 15) is 27.6 Å². The van der Waals surface area contributed by atoms with Gasteiger partial charge in [-0.1, -0.05) is 37.6 Å². The molecule has 0 bridgehead atoms. The van der Waals surface area contributed by atoms with Crippen molar-refractivity contribution < 1.29 is 46.5 Å². The maximum Gasteiger partial charge on any atom is 0.471 e. The molecule has 61 heavy (non-hydrogen) atoms. The highest BCUT2D eigenvalue weighted by atomic mass is 35.5. The number of alkyl halides is 3. The van der Waals surface area contributed by atoms with Crippen molar-refractivity contribution in [2.75, 3.05) is 31.8 Å². The van der Waals surface area contributed by atoms with Crippen molar-refractivity contribution in [3.05, 3.63) is 82.1 Å². The minimum absolute atomic E-state index is 0.0501. The Kier molecular flexibility index (Phi) is 14.2. The second-order valence-electron chi connectivity index (χ2n) is 18.1. The molecule has 3 aliphatic rings. The summed E-state index contributed by atoms with van der Waals surface area (Å²) in [5, 5.41) is 2.89. The number of unbranched alkanes of at least 4 members (excludes halogenated alkanes) is 1. The molecule has 0 radical (unpaired) electrons. The van der Waals surface area contributed by atoms with Crippen LogP contribution in [-0.2, 0) is 37.3 Å². The van der Waals surface area contributed by atoms with E-state index < -0.39 is 40.7 Å². The van der Waals surface area contributed by atoms with E-state index in [1.54, 1.807) is 0 Å². The molecule has 1 saturated carbocycles. The van der Waals surface area contributed by atoms with Gasteiger partial charge in [-0.25, -0.2) is 9.59 Å². The summed E-state index contributed by atoms with van der Waals surface area (Å²) in [5.74, 6) is -1.04. The highest BCUT2D eigenvalue weighted by Gasteiger charge is 2.60. The monoisotopic (exact) mass is 869 g/mol. The van der Waals surface area contributed by atoms with E-state index in [-0.39, 0.29) is 35.4 Å². The molecule has 14 heteroatoms. The number of anilines is 1. The molecule has 1 aromatic heterocycles. The van der Waals surface area contributed by atoms with Crippen LogP contribution in [0.5, 0.6) is 11.5 Å². The van der Waals surface area contributed by atoms with Gasteiger partial charge < -0.3 is 24.3 Å². The Labute approximate surface area is 362 Å². The first-order chi connectivity index (χ1) is 28.9. The van der Waals surface area contributed by atoms with Gasteiger partial charge in [0.15, 0.2) is 0 Å². The molecule has 1 N–H and O–H groups in total. The second kappa shape index (κ2) is 18.8. The number of halogens is 4. The zero-order chi connectivity index (χ0) is 44.2. The molecule has 3 atom stereocenters. The van der Waals surface area contributed by atoms with E-state index in [1.807, 2.05) is 45.2 Å². The Balaban J connectivity index is 1.26. The molecule has 2 amide bonds. The number of nitrogens with one attached hydrogen (secondary N) is 1. The highest BCUT2D eigenvalue weighted by molar-refractivity contribution is 6.31. The average molecular weight is 870 g/mol. The Morgan fingerprint density at radius 3 is 2.46 bits per heavy atom. The Hall–Kier alpha value is -4.52. The summed E-state index contributed by atoms with van der Waals surface area (Å²) >= 11 is 6.26. The smallest absolute Gasteiger partial charge is 0.471 e. The van der Waals surface area contributed by atoms with Crippen molar-refractivity contribution in [3.8, 4) is 11.5 Å². The summed E-state index contributed by atoms with van der Waals surface area (Å²) in [6.07, 6.45) is 2.47. The third-order valence-corrected chi connectivity index (χ3v) is 12.9. The third kappa shape index (κ3) is 10.4. The molecule has 1 spiro atoms. The fourth-order valence-electron chi connectivity index (χ4n) is 9.85. The lowest BCUT2D eigenvalue weighted by Gasteiger charge is -2.51. The van der Waals surface area contributed by atoms with Crippen LogP contribution in [0.25, 0.3) is 0 Å². The van der Waals surface area contributed by atoms with Gasteiger partial charge in [0.2, 0.25) is 0 Å². The van der Waals surface area contributed by atoms with Gasteiger partial charge in [0.25, 0.3) is 0 Å². The van der Waals surface area contributed by atoms with Gasteiger partial charge in [-0.3, -0.25) is 14.7 Å². The number of esters is 1. The molecule has 3 aliphatic carbocycles. The summed E-state index contributed by atoms with van der Waals surface area (Å²) in [4.78, 5) is 44.6. The predicted molar refractivity (Wildman–Crippen MR) is 227 cm³/mol. The summed E-state index contributed by atoms with van der Waals surface area (Å²) in [5.41, 5.74) is 1.22. The van der Waals surface area contributed by atoms with Crippen molar-refractivity contribution >= 4 is 35.3 Å². The molecule has 10 nitrogen and oxygen atoms in total. The summed E-state index contributed by atoms with van der Waals surface area (Å²) in [7, 11) is 1.13. The number of methoxy groups -OCH3 is 1. The van der Waals surface area contributed by atoms with Gasteiger partial charge in [-0.2, -0.15) is 13.2 Å². The number of aromatic nitrogens is 1. The first kappa shape index (κ1) is 46.0. The summed E-state index contributed by atoms with van der Waals surface area (Å²) in [6.45, 7) is 11.1. The van der Waals surface area contributed by atoms with E-state index in [2.05, 4.69) is 30.2 Å². The number of nitrogens with zero attached hydrogens (tertiary/aromatic N) is 2. The lowest BCUT2D eigenvalue weighted by Crippen LogP contribution is -2.63. The lowest BCUT2D eigenvalue weighted by molar-refractivity contribution is -0.174. The van der Waals surface area contributed by atoms with Gasteiger partial charge in [0.1, 0.15) is 22.6 Å². The van der Waals surface area contributed by atoms with E-state index in [4.69, 9.17) is 30.5 Å². The molecule has 2 aromatic carbocycles. The maximum atomic E-state index is 14.5. The van der Waals surface area contributed by atoms with Gasteiger partial charge in [0.05, 0.1) is 20.3 Å². The molecule has 1 fully saturated rings. The van der Waals surface area contributed by atoms with E-state index in [1.165, 1.54) is 29.8 Å². The molecule has 6 rings (SSSR count). The fourth-order valence-corrected chi connectivity index (χ4v) is 10.0. The number of ether oxygens (including phenoxy) is 4. The zero-order valence-electron chi connectivity index (χ0n) is 36.1. The standard InChI is InChI=1S/C47H59ClF3N3O7/c1-30(29-60-39-17-23-52-38-14-9-11-31(2)40(38)39)25-33-26-32-15-16-36(59-24-8-7-22-53-43(57)61-44(3,4)5)28-37(32)45(33)18-20-46(21-19-45,42(56)58-6)54(41(55)47(49,50)51)35-13-10-12-34(48)27-35/h10,12-13,15-17,23,27-28,30-31,33H,7-9,11,14,18-22,24-26,29H2,1-6H3,(H,53,57)/t30-,31-,33+,45?,46?/m1/s1. The molecular formula is C47H59ClF3N3O7. The summed E-state index contributed by atoms with van der Waals surface area (Å²) in [6, 6.07) is 13.6. The molecule has 0 aliphatic heterocycles. The van der Waals surface area contributed by atoms with E-state index >= 15 is 0 Å². The third-order valence-electron chi connectivity index (χ3n) is 12.6. The quantitative estimate of drug-likeness (QED) is 0.126. The molecule has 0 unspecified atom stereocenters. The SMILES string of the molecule is COC(=O)C1(N(C(=O)C(F)(F)F)c2cccc(Cl)c2)CCC2(CC1)c1cc(OCCCCNC(=O)OC(C)(C)C)ccc1C[C@@H]2C[C@@H](C)COc1ccnc2c1[C@H](C)CCC2. The van der Waals surface area contributed by atoms with Crippen LogP contribution in [0.4, 0.5) is 23.7 Å².